The van der Waals surface area contributed by atoms with Crippen LogP contribution in [0.3, 0.4) is 0 Å². The molecular formula is C17H23N3O2S. The van der Waals surface area contributed by atoms with Gasteiger partial charge in [-0.2, -0.15) is 0 Å². The minimum absolute atomic E-state index is 0.0719. The fraction of sp³-hybridized carbons (Fsp3) is 0.412. The molecule has 0 aromatic carbocycles. The number of aromatic amines is 1. The van der Waals surface area contributed by atoms with Gasteiger partial charge in [0.25, 0.3) is 5.56 Å². The lowest BCUT2D eigenvalue weighted by atomic mass is 10.1. The first-order chi connectivity index (χ1) is 10.8. The second-order valence-electron chi connectivity index (χ2n) is 5.86. The number of urea groups is 1. The van der Waals surface area contributed by atoms with Crippen molar-refractivity contribution in [2.24, 2.45) is 0 Å². The molecule has 0 radical (unpaired) electrons. The maximum Gasteiger partial charge on any atom is 0.315 e. The molecule has 0 spiro atoms. The zero-order valence-corrected chi connectivity index (χ0v) is 15.0. The van der Waals surface area contributed by atoms with E-state index in [4.69, 9.17) is 0 Å². The smallest absolute Gasteiger partial charge is 0.315 e. The van der Waals surface area contributed by atoms with Crippen LogP contribution < -0.4 is 16.2 Å². The predicted molar refractivity (Wildman–Crippen MR) is 94.1 cm³/mol. The van der Waals surface area contributed by atoms with Gasteiger partial charge < -0.3 is 15.6 Å². The molecule has 0 aliphatic heterocycles. The monoisotopic (exact) mass is 333 g/mol. The van der Waals surface area contributed by atoms with E-state index in [0.29, 0.717) is 5.56 Å². The summed E-state index contributed by atoms with van der Waals surface area (Å²) in [4.78, 5) is 29.2. The van der Waals surface area contributed by atoms with E-state index in [-0.39, 0.29) is 24.2 Å². The minimum Gasteiger partial charge on any atom is -0.334 e. The topological polar surface area (TPSA) is 74.0 Å². The summed E-state index contributed by atoms with van der Waals surface area (Å²) in [5, 5.41) is 5.68. The van der Waals surface area contributed by atoms with E-state index in [1.54, 1.807) is 11.3 Å². The third-order valence-corrected chi connectivity index (χ3v) is 4.79. The number of thiophene rings is 1. The third kappa shape index (κ3) is 4.22. The molecule has 2 aromatic rings. The van der Waals surface area contributed by atoms with Crippen molar-refractivity contribution in [2.45, 2.75) is 47.2 Å². The standard InChI is InChI=1S/C17H23N3O2S/c1-9-6-10(2)19-16(21)15(9)8-18-17(22)20-12(4)14-7-11(3)23-13(14)5/h6-7,12H,8H2,1-5H3,(H,19,21)(H2,18,20,22). The van der Waals surface area contributed by atoms with Crippen molar-refractivity contribution in [3.8, 4) is 0 Å². The van der Waals surface area contributed by atoms with Gasteiger partial charge in [-0.1, -0.05) is 0 Å². The first-order valence-electron chi connectivity index (χ1n) is 7.58. The van der Waals surface area contributed by atoms with Gasteiger partial charge in [-0.3, -0.25) is 4.79 Å². The lowest BCUT2D eigenvalue weighted by Gasteiger charge is -2.15. The van der Waals surface area contributed by atoms with E-state index >= 15 is 0 Å². The van der Waals surface area contributed by atoms with E-state index in [1.165, 1.54) is 9.75 Å². The molecule has 1 atom stereocenters. The normalized spacial score (nSPS) is 12.0. The minimum atomic E-state index is -0.278. The first-order valence-corrected chi connectivity index (χ1v) is 8.40. The Morgan fingerprint density at radius 1 is 1.26 bits per heavy atom. The number of hydrogen-bond acceptors (Lipinski definition) is 3. The fourth-order valence-corrected chi connectivity index (χ4v) is 3.70. The summed E-state index contributed by atoms with van der Waals surface area (Å²) < 4.78 is 0. The van der Waals surface area contributed by atoms with Crippen LogP contribution in [0.25, 0.3) is 0 Å². The SMILES string of the molecule is Cc1cc(C)c(CNC(=O)NC(C)c2cc(C)sc2C)c(=O)[nH]1. The number of carbonyl (C=O) groups excluding carboxylic acids is 1. The maximum atomic E-state index is 12.1. The third-order valence-electron chi connectivity index (χ3n) is 3.81. The molecule has 0 saturated carbocycles. The summed E-state index contributed by atoms with van der Waals surface area (Å²) >= 11 is 1.72. The Labute approximate surface area is 140 Å². The van der Waals surface area contributed by atoms with E-state index in [0.717, 1.165) is 16.8 Å². The van der Waals surface area contributed by atoms with Crippen molar-refractivity contribution in [2.75, 3.05) is 0 Å². The fourth-order valence-electron chi connectivity index (χ4n) is 2.68. The molecule has 2 heterocycles. The number of aryl methyl sites for hydroxylation is 4. The van der Waals surface area contributed by atoms with Gasteiger partial charge in [0, 0.05) is 21.0 Å². The quantitative estimate of drug-likeness (QED) is 0.803. The first kappa shape index (κ1) is 17.3. The van der Waals surface area contributed by atoms with Gasteiger partial charge in [0.15, 0.2) is 0 Å². The van der Waals surface area contributed by atoms with Crippen LogP contribution in [-0.2, 0) is 6.54 Å². The molecular weight excluding hydrogens is 310 g/mol. The van der Waals surface area contributed by atoms with Crippen molar-refractivity contribution in [3.63, 3.8) is 0 Å². The number of amides is 2. The lowest BCUT2D eigenvalue weighted by molar-refractivity contribution is 0.237. The van der Waals surface area contributed by atoms with Gasteiger partial charge in [-0.15, -0.1) is 11.3 Å². The van der Waals surface area contributed by atoms with Gasteiger partial charge in [-0.25, -0.2) is 4.79 Å². The summed E-state index contributed by atoms with van der Waals surface area (Å²) in [6.07, 6.45) is 0. The number of rotatable bonds is 4. The summed E-state index contributed by atoms with van der Waals surface area (Å²) in [5.74, 6) is 0. The van der Waals surface area contributed by atoms with Crippen molar-refractivity contribution in [3.05, 3.63) is 54.6 Å². The molecule has 2 amide bonds. The Balaban J connectivity index is 1.98. The number of carbonyl (C=O) groups is 1. The molecule has 6 heteroatoms. The van der Waals surface area contributed by atoms with Crippen molar-refractivity contribution in [1.29, 1.82) is 0 Å². The molecule has 0 bridgehead atoms. The van der Waals surface area contributed by atoms with Crippen LogP contribution in [0, 0.1) is 27.7 Å². The summed E-state index contributed by atoms with van der Waals surface area (Å²) in [7, 11) is 0. The highest BCUT2D eigenvalue weighted by molar-refractivity contribution is 7.12. The Kier molecular flexibility index (Phi) is 5.26. The van der Waals surface area contributed by atoms with Gasteiger partial charge >= 0.3 is 6.03 Å². The van der Waals surface area contributed by atoms with Gasteiger partial charge in [0.2, 0.25) is 0 Å². The van der Waals surface area contributed by atoms with E-state index in [2.05, 4.69) is 35.5 Å². The van der Waals surface area contributed by atoms with E-state index < -0.39 is 0 Å². The zero-order valence-electron chi connectivity index (χ0n) is 14.2. The molecule has 0 saturated heterocycles. The van der Waals surface area contributed by atoms with Crippen molar-refractivity contribution in [1.82, 2.24) is 15.6 Å². The highest BCUT2D eigenvalue weighted by Gasteiger charge is 2.14. The highest BCUT2D eigenvalue weighted by Crippen LogP contribution is 2.25. The molecule has 124 valence electrons. The van der Waals surface area contributed by atoms with Crippen LogP contribution in [0.15, 0.2) is 16.9 Å². The van der Waals surface area contributed by atoms with E-state index in [1.807, 2.05) is 26.8 Å². The summed E-state index contributed by atoms with van der Waals surface area (Å²) in [6, 6.07) is 3.65. The van der Waals surface area contributed by atoms with Crippen LogP contribution in [-0.4, -0.2) is 11.0 Å². The molecule has 5 nitrogen and oxygen atoms in total. The van der Waals surface area contributed by atoms with Crippen LogP contribution in [0.5, 0.6) is 0 Å². The Morgan fingerprint density at radius 2 is 1.96 bits per heavy atom. The largest absolute Gasteiger partial charge is 0.334 e. The number of nitrogens with one attached hydrogen (secondary N) is 3. The molecule has 0 aliphatic rings. The number of pyridine rings is 1. The van der Waals surface area contributed by atoms with Crippen LogP contribution in [0.2, 0.25) is 0 Å². The number of aromatic nitrogens is 1. The molecule has 2 aromatic heterocycles. The Morgan fingerprint density at radius 3 is 2.52 bits per heavy atom. The molecule has 0 fully saturated rings. The predicted octanol–water partition coefficient (Wildman–Crippen LogP) is 3.23. The van der Waals surface area contributed by atoms with Gasteiger partial charge in [0.1, 0.15) is 0 Å². The van der Waals surface area contributed by atoms with Crippen LogP contribution >= 0.6 is 11.3 Å². The molecule has 0 aliphatic carbocycles. The van der Waals surface area contributed by atoms with Crippen molar-refractivity contribution >= 4 is 17.4 Å². The number of hydrogen-bond donors (Lipinski definition) is 3. The molecule has 3 N–H and O–H groups in total. The van der Waals surface area contributed by atoms with E-state index in [9.17, 15) is 9.59 Å². The van der Waals surface area contributed by atoms with Crippen LogP contribution in [0.1, 0.15) is 45.1 Å². The zero-order chi connectivity index (χ0) is 17.1. The summed E-state index contributed by atoms with van der Waals surface area (Å²) in [6.45, 7) is 9.99. The summed E-state index contributed by atoms with van der Waals surface area (Å²) in [5.41, 5.74) is 3.26. The second-order valence-corrected chi connectivity index (χ2v) is 7.32. The highest BCUT2D eigenvalue weighted by atomic mass is 32.1. The molecule has 23 heavy (non-hydrogen) atoms. The Hall–Kier alpha value is -2.08. The van der Waals surface area contributed by atoms with Gasteiger partial charge in [-0.05, 0) is 57.9 Å². The van der Waals surface area contributed by atoms with Crippen molar-refractivity contribution < 1.29 is 4.79 Å². The van der Waals surface area contributed by atoms with Crippen LogP contribution in [0.4, 0.5) is 4.79 Å². The number of H-pyrrole nitrogens is 1. The Bertz CT molecular complexity index is 777. The average molecular weight is 333 g/mol. The maximum absolute atomic E-state index is 12.1. The molecule has 1 unspecified atom stereocenters. The molecule has 2 rings (SSSR count). The van der Waals surface area contributed by atoms with Gasteiger partial charge in [0.05, 0.1) is 12.6 Å². The average Bonchev–Trinajstić information content (AvgIpc) is 2.76. The second kappa shape index (κ2) is 7.00. The lowest BCUT2D eigenvalue weighted by Crippen LogP contribution is -2.38.